The van der Waals surface area contributed by atoms with E-state index >= 15 is 0 Å². The zero-order valence-electron chi connectivity index (χ0n) is 15.8. The summed E-state index contributed by atoms with van der Waals surface area (Å²) in [6.07, 6.45) is 0. The summed E-state index contributed by atoms with van der Waals surface area (Å²) in [5.74, 6) is 0.534. The lowest BCUT2D eigenvalue weighted by atomic mass is 10.1. The van der Waals surface area contributed by atoms with E-state index in [1.54, 1.807) is 15.9 Å². The zero-order valence-corrected chi connectivity index (χ0v) is 18.2. The average Bonchev–Trinajstić information content (AvgIpc) is 3.31. The Hall–Kier alpha value is -2.00. The van der Waals surface area contributed by atoms with Crippen LogP contribution in [-0.4, -0.2) is 46.2 Å². The lowest BCUT2D eigenvalue weighted by Gasteiger charge is -2.26. The molecule has 0 aliphatic rings. The van der Waals surface area contributed by atoms with E-state index in [0.29, 0.717) is 22.2 Å². The van der Waals surface area contributed by atoms with E-state index in [1.807, 2.05) is 67.7 Å². The van der Waals surface area contributed by atoms with Gasteiger partial charge in [-0.2, -0.15) is 5.10 Å². The number of halogens is 1. The molecule has 2 unspecified atom stereocenters. The van der Waals surface area contributed by atoms with Crippen LogP contribution < -0.4 is 5.32 Å². The van der Waals surface area contributed by atoms with Crippen molar-refractivity contribution in [2.75, 3.05) is 20.6 Å². The minimum atomic E-state index is -0.502. The highest BCUT2D eigenvalue weighted by molar-refractivity contribution is 7.71. The fourth-order valence-corrected chi connectivity index (χ4v) is 4.28. The van der Waals surface area contributed by atoms with Gasteiger partial charge in [0.25, 0.3) is 0 Å². The van der Waals surface area contributed by atoms with E-state index in [2.05, 4.69) is 15.5 Å². The van der Waals surface area contributed by atoms with Gasteiger partial charge in [-0.3, -0.25) is 14.5 Å². The number of thiophene rings is 1. The van der Waals surface area contributed by atoms with E-state index in [9.17, 15) is 4.79 Å². The summed E-state index contributed by atoms with van der Waals surface area (Å²) in [5.41, 5.74) is 0.973. The molecule has 148 valence electrons. The van der Waals surface area contributed by atoms with Gasteiger partial charge in [0.2, 0.25) is 5.91 Å². The molecule has 0 aliphatic heterocycles. The topological polar surface area (TPSA) is 66.0 Å². The maximum Gasteiger partial charge on any atom is 0.243 e. The molecule has 2 N–H and O–H groups in total. The number of likely N-dealkylation sites (N-methyl/N-ethyl adjacent to an activating group) is 1. The second-order valence-electron chi connectivity index (χ2n) is 6.62. The lowest BCUT2D eigenvalue weighted by molar-refractivity contribution is -0.124. The van der Waals surface area contributed by atoms with Gasteiger partial charge < -0.3 is 10.2 Å². The van der Waals surface area contributed by atoms with Crippen LogP contribution in [0.1, 0.15) is 24.6 Å². The number of carbonyl (C=O) groups excluding carboxylic acids is 1. The monoisotopic (exact) mass is 435 g/mol. The van der Waals surface area contributed by atoms with Crippen molar-refractivity contribution >= 4 is 41.1 Å². The van der Waals surface area contributed by atoms with Gasteiger partial charge in [-0.25, -0.2) is 0 Å². The van der Waals surface area contributed by atoms with Crippen molar-refractivity contribution in [3.8, 4) is 10.7 Å². The summed E-state index contributed by atoms with van der Waals surface area (Å²) in [7, 11) is 3.93. The third kappa shape index (κ3) is 4.35. The fraction of sp³-hybridized carbons (Fsp3) is 0.316. The number of aromatic amines is 1. The Bertz CT molecular complexity index is 996. The number of hydrogen-bond donors (Lipinski definition) is 2. The first-order chi connectivity index (χ1) is 13.4. The number of carbonyl (C=O) groups is 1. The highest BCUT2D eigenvalue weighted by atomic mass is 35.5. The summed E-state index contributed by atoms with van der Waals surface area (Å²) >= 11 is 13.3. The molecule has 2 aromatic heterocycles. The molecule has 0 radical (unpaired) electrons. The smallest absolute Gasteiger partial charge is 0.243 e. The predicted molar refractivity (Wildman–Crippen MR) is 116 cm³/mol. The Labute approximate surface area is 178 Å². The van der Waals surface area contributed by atoms with Crippen LogP contribution in [0.5, 0.6) is 0 Å². The normalized spacial score (nSPS) is 13.5. The molecule has 2 heterocycles. The second kappa shape index (κ2) is 9.00. The molecular formula is C19H22ClN5OS2. The van der Waals surface area contributed by atoms with Crippen molar-refractivity contribution in [3.05, 3.63) is 57.1 Å². The van der Waals surface area contributed by atoms with Gasteiger partial charge in [-0.1, -0.05) is 35.9 Å². The maximum atomic E-state index is 12.9. The van der Waals surface area contributed by atoms with Gasteiger partial charge in [0.1, 0.15) is 6.04 Å². The summed E-state index contributed by atoms with van der Waals surface area (Å²) in [4.78, 5) is 15.9. The van der Waals surface area contributed by atoms with Gasteiger partial charge >= 0.3 is 0 Å². The second-order valence-corrected chi connectivity index (χ2v) is 8.36. The molecule has 2 atom stereocenters. The molecule has 0 bridgehead atoms. The molecule has 0 aliphatic carbocycles. The third-order valence-corrected chi connectivity index (χ3v) is 6.07. The number of hydrogen-bond acceptors (Lipinski definition) is 5. The van der Waals surface area contributed by atoms with Crippen molar-refractivity contribution in [1.29, 1.82) is 0 Å². The highest BCUT2D eigenvalue weighted by Gasteiger charge is 2.23. The predicted octanol–water partition coefficient (Wildman–Crippen LogP) is 4.30. The Morgan fingerprint density at radius 1 is 1.36 bits per heavy atom. The molecule has 0 saturated heterocycles. The van der Waals surface area contributed by atoms with Crippen LogP contribution >= 0.6 is 35.2 Å². The number of H-pyrrole nitrogens is 1. The lowest BCUT2D eigenvalue weighted by Crippen LogP contribution is -2.38. The van der Waals surface area contributed by atoms with Gasteiger partial charge in [-0.05, 0) is 56.3 Å². The van der Waals surface area contributed by atoms with Crippen LogP contribution in [-0.2, 0) is 4.79 Å². The molecule has 9 heteroatoms. The SMILES string of the molecule is CC(C(=O)NCC(c1ccccc1Cl)N(C)C)n1c(-c2cccs2)n[nH]c1=S. The Balaban J connectivity index is 1.77. The Morgan fingerprint density at radius 3 is 2.75 bits per heavy atom. The van der Waals surface area contributed by atoms with Crippen molar-refractivity contribution in [3.63, 3.8) is 0 Å². The number of nitrogens with zero attached hydrogens (tertiary/aromatic N) is 3. The van der Waals surface area contributed by atoms with E-state index in [0.717, 1.165) is 10.4 Å². The van der Waals surface area contributed by atoms with Crippen LogP contribution in [0, 0.1) is 4.77 Å². The van der Waals surface area contributed by atoms with E-state index in [-0.39, 0.29) is 11.9 Å². The van der Waals surface area contributed by atoms with Crippen LogP contribution in [0.2, 0.25) is 5.02 Å². The molecular weight excluding hydrogens is 414 g/mol. The van der Waals surface area contributed by atoms with Gasteiger partial charge in [0.15, 0.2) is 10.6 Å². The third-order valence-electron chi connectivity index (χ3n) is 4.57. The first-order valence-electron chi connectivity index (χ1n) is 8.79. The molecule has 1 amide bonds. The largest absolute Gasteiger partial charge is 0.352 e. The summed E-state index contributed by atoms with van der Waals surface area (Å²) in [5, 5.41) is 12.8. The quantitative estimate of drug-likeness (QED) is 0.543. The molecule has 28 heavy (non-hydrogen) atoms. The molecule has 3 aromatic rings. The first-order valence-corrected chi connectivity index (χ1v) is 10.5. The first kappa shape index (κ1) is 20.7. The highest BCUT2D eigenvalue weighted by Crippen LogP contribution is 2.27. The summed E-state index contributed by atoms with van der Waals surface area (Å²) in [6.45, 7) is 2.25. The van der Waals surface area contributed by atoms with Crippen LogP contribution in [0.3, 0.4) is 0 Å². The van der Waals surface area contributed by atoms with Gasteiger partial charge in [0, 0.05) is 11.6 Å². The average molecular weight is 436 g/mol. The summed E-state index contributed by atoms with van der Waals surface area (Å²) in [6, 6.07) is 11.0. The van der Waals surface area contributed by atoms with Crippen molar-refractivity contribution in [2.45, 2.75) is 19.0 Å². The number of benzene rings is 1. The van der Waals surface area contributed by atoms with Gasteiger partial charge in [-0.15, -0.1) is 11.3 Å². The van der Waals surface area contributed by atoms with Gasteiger partial charge in [0.05, 0.1) is 10.9 Å². The fourth-order valence-electron chi connectivity index (χ4n) is 3.02. The molecule has 3 rings (SSSR count). The van der Waals surface area contributed by atoms with Crippen molar-refractivity contribution in [2.24, 2.45) is 0 Å². The Morgan fingerprint density at radius 2 is 2.11 bits per heavy atom. The molecule has 0 spiro atoms. The number of aromatic nitrogens is 3. The van der Waals surface area contributed by atoms with Crippen LogP contribution in [0.15, 0.2) is 41.8 Å². The Kier molecular flexibility index (Phi) is 6.66. The molecule has 0 saturated carbocycles. The molecule has 0 fully saturated rings. The van der Waals surface area contributed by atoms with Crippen molar-refractivity contribution < 1.29 is 4.79 Å². The van der Waals surface area contributed by atoms with Crippen LogP contribution in [0.25, 0.3) is 10.7 Å². The minimum Gasteiger partial charge on any atom is -0.352 e. The maximum absolute atomic E-state index is 12.9. The number of nitrogens with one attached hydrogen (secondary N) is 2. The summed E-state index contributed by atoms with van der Waals surface area (Å²) < 4.78 is 2.16. The van der Waals surface area contributed by atoms with Crippen LogP contribution in [0.4, 0.5) is 0 Å². The zero-order chi connectivity index (χ0) is 20.3. The number of amides is 1. The van der Waals surface area contributed by atoms with E-state index in [4.69, 9.17) is 23.8 Å². The minimum absolute atomic E-state index is 0.0426. The molecule has 1 aromatic carbocycles. The van der Waals surface area contributed by atoms with Crippen molar-refractivity contribution in [1.82, 2.24) is 25.0 Å². The van der Waals surface area contributed by atoms with E-state index < -0.39 is 6.04 Å². The number of rotatable bonds is 7. The van der Waals surface area contributed by atoms with E-state index in [1.165, 1.54) is 0 Å². The molecule has 6 nitrogen and oxygen atoms in total. The standard InChI is InChI=1S/C19H22ClN5OS2/c1-12(25-17(22-23-19(25)27)16-9-6-10-28-16)18(26)21-11-15(24(2)3)13-7-4-5-8-14(13)20/h4-10,12,15H,11H2,1-3H3,(H,21,26)(H,23,27).